The third kappa shape index (κ3) is 5.70. The van der Waals surface area contributed by atoms with Gasteiger partial charge in [0.25, 0.3) is 0 Å². The van der Waals surface area contributed by atoms with Crippen molar-refractivity contribution in [2.75, 3.05) is 0 Å². The number of hydrogen-bond acceptors (Lipinski definition) is 0. The van der Waals surface area contributed by atoms with Crippen molar-refractivity contribution in [3.63, 3.8) is 0 Å². The molecule has 0 radical (unpaired) electrons. The standard InChI is InChI=1S/C21H25.C14H14Si.C5H5.Zr/c1-20(2,3)16-9-7-14-11-15-8-10-17(21(4,5)6)13-19(15)18(14)12-16;1-11-5-3-7-13(9-11)15-14-8-4-6-12(2)10-14;1-2-4-5-3-1;/h7,9-10,12-13H,11H2,1-6H3;3-10H,1-2H3;1-3H,4H2;. The fraction of sp³-hybridized carbons (Fsp3) is 0.300. The van der Waals surface area contributed by atoms with Crippen LogP contribution in [0.15, 0.2) is 100 Å². The van der Waals surface area contributed by atoms with Crippen molar-refractivity contribution >= 4 is 19.1 Å². The number of hydrogen-bond donors (Lipinski definition) is 0. The van der Waals surface area contributed by atoms with Crippen molar-refractivity contribution in [2.45, 2.75) is 79.1 Å². The molecule has 4 aromatic rings. The zero-order chi connectivity index (χ0) is 29.8. The van der Waals surface area contributed by atoms with E-state index in [1.165, 1.54) is 38.9 Å². The number of fused-ring (bicyclic) bond motifs is 3. The van der Waals surface area contributed by atoms with E-state index >= 15 is 0 Å². The molecule has 42 heavy (non-hydrogen) atoms. The second-order valence-corrected chi connectivity index (χ2v) is 27.7. The van der Waals surface area contributed by atoms with Crippen LogP contribution in [0, 0.1) is 13.8 Å². The summed E-state index contributed by atoms with van der Waals surface area (Å²) in [5, 5.41) is 3.18. The predicted octanol–water partition coefficient (Wildman–Crippen LogP) is 8.36. The Balaban J connectivity index is 1.74. The van der Waals surface area contributed by atoms with Gasteiger partial charge in [0, 0.05) is 0 Å². The molecular weight excluding hydrogens is 600 g/mol. The van der Waals surface area contributed by atoms with E-state index in [9.17, 15) is 0 Å². The summed E-state index contributed by atoms with van der Waals surface area (Å²) in [7, 11) is 0. The fourth-order valence-electron chi connectivity index (χ4n) is 6.55. The predicted molar refractivity (Wildman–Crippen MR) is 181 cm³/mol. The van der Waals surface area contributed by atoms with Crippen LogP contribution in [0.3, 0.4) is 0 Å². The normalized spacial score (nSPS) is 14.0. The summed E-state index contributed by atoms with van der Waals surface area (Å²) in [6, 6.07) is 31.6. The van der Waals surface area contributed by atoms with Crippen molar-refractivity contribution in [2.24, 2.45) is 0 Å². The molecule has 0 saturated carbocycles. The number of benzene rings is 4. The van der Waals surface area contributed by atoms with Crippen LogP contribution in [-0.2, 0) is 37.6 Å². The molecule has 4 aromatic carbocycles. The summed E-state index contributed by atoms with van der Waals surface area (Å²) in [6.45, 7) is 18.7. The van der Waals surface area contributed by atoms with E-state index in [1.807, 2.05) is 0 Å². The van der Waals surface area contributed by atoms with Gasteiger partial charge in [-0.3, -0.25) is 0 Å². The van der Waals surface area contributed by atoms with Crippen molar-refractivity contribution in [1.29, 1.82) is 0 Å². The first kappa shape index (κ1) is 29.5. The first-order chi connectivity index (χ1) is 19.9. The molecule has 212 valence electrons. The Bertz CT molecular complexity index is 1750. The van der Waals surface area contributed by atoms with Crippen LogP contribution in [0.25, 0.3) is 11.1 Å². The molecule has 0 spiro atoms. The molecule has 0 fully saturated rings. The van der Waals surface area contributed by atoms with Gasteiger partial charge in [-0.25, -0.2) is 0 Å². The average molecular weight is 644 g/mol. The molecule has 0 heterocycles. The van der Waals surface area contributed by atoms with Gasteiger partial charge in [0.2, 0.25) is 0 Å². The van der Waals surface area contributed by atoms with Crippen LogP contribution in [0.2, 0.25) is 0 Å². The summed E-state index contributed by atoms with van der Waals surface area (Å²) in [5.74, 6) is 0. The Hall–Kier alpha value is -2.54. The zero-order valence-electron chi connectivity index (χ0n) is 26.7. The van der Waals surface area contributed by atoms with Crippen molar-refractivity contribution in [1.82, 2.24) is 0 Å². The first-order valence-electron chi connectivity index (χ1n) is 15.5. The Morgan fingerprint density at radius 3 is 1.83 bits per heavy atom. The molecule has 0 bridgehead atoms. The molecule has 0 N–H and O–H groups in total. The summed E-state index contributed by atoms with van der Waals surface area (Å²) in [6.07, 6.45) is 9.44. The maximum absolute atomic E-state index is 2.69. The van der Waals surface area contributed by atoms with Crippen LogP contribution in [-0.4, -0.2) is 5.43 Å². The molecule has 6 rings (SSSR count). The Morgan fingerprint density at radius 1 is 0.667 bits per heavy atom. The summed E-state index contributed by atoms with van der Waals surface area (Å²) >= 11 is -2.52. The molecule has 2 aliphatic carbocycles. The second-order valence-electron chi connectivity index (χ2n) is 14.4. The van der Waals surface area contributed by atoms with Crippen molar-refractivity contribution in [3.8, 4) is 11.1 Å². The molecule has 0 saturated heterocycles. The molecular formula is C40H44SiZr. The molecule has 0 aliphatic heterocycles. The van der Waals surface area contributed by atoms with E-state index < -0.39 is 25.8 Å². The van der Waals surface area contributed by atoms with Gasteiger partial charge < -0.3 is 0 Å². The van der Waals surface area contributed by atoms with Crippen LogP contribution in [0.4, 0.5) is 0 Å². The third-order valence-corrected chi connectivity index (χ3v) is 27.6. The van der Waals surface area contributed by atoms with E-state index in [4.69, 9.17) is 0 Å². The molecule has 2 heteroatoms. The second kappa shape index (κ2) is 11.2. The van der Waals surface area contributed by atoms with Crippen LogP contribution in [0.5, 0.6) is 0 Å². The van der Waals surface area contributed by atoms with E-state index in [1.54, 1.807) is 22.5 Å². The molecule has 0 unspecified atom stereocenters. The molecule has 2 aliphatic rings. The third-order valence-electron chi connectivity index (χ3n) is 8.97. The topological polar surface area (TPSA) is 0 Å². The number of rotatable bonds is 4. The monoisotopic (exact) mass is 642 g/mol. The maximum atomic E-state index is 2.69. The van der Waals surface area contributed by atoms with Gasteiger partial charge in [-0.05, 0) is 0 Å². The van der Waals surface area contributed by atoms with Crippen molar-refractivity contribution < 1.29 is 20.4 Å². The van der Waals surface area contributed by atoms with Gasteiger partial charge >= 0.3 is 263 Å². The van der Waals surface area contributed by atoms with E-state index in [0.29, 0.717) is 0 Å². The van der Waals surface area contributed by atoms with Crippen molar-refractivity contribution in [3.05, 3.63) is 134 Å². The SMILES string of the molecule is Cc1cccc([Si](c2cccc(C)c2)=[Zr]([C]2=CC=CC2)[c]2cc(C(C)(C)C)cc3c2Cc2ccc(C(C)(C)C)cc2-3)c1. The molecule has 0 aromatic heterocycles. The minimum atomic E-state index is -2.52. The summed E-state index contributed by atoms with van der Waals surface area (Å²) < 4.78 is 3.51. The zero-order valence-corrected chi connectivity index (χ0v) is 30.1. The average Bonchev–Trinajstić information content (AvgIpc) is 3.58. The minimum absolute atomic E-state index is 0.0876. The van der Waals surface area contributed by atoms with E-state index in [-0.39, 0.29) is 10.8 Å². The van der Waals surface area contributed by atoms with Gasteiger partial charge in [0.15, 0.2) is 0 Å². The van der Waals surface area contributed by atoms with Crippen LogP contribution in [0.1, 0.15) is 81.3 Å². The Morgan fingerprint density at radius 2 is 1.29 bits per heavy atom. The molecule has 0 nitrogen and oxygen atoms in total. The summed E-state index contributed by atoms with van der Waals surface area (Å²) in [5.41, 5.74) is 11.0. The van der Waals surface area contributed by atoms with Crippen LogP contribution >= 0.6 is 0 Å². The van der Waals surface area contributed by atoms with Gasteiger partial charge in [-0.15, -0.1) is 0 Å². The fourth-order valence-corrected chi connectivity index (χ4v) is 27.0. The van der Waals surface area contributed by atoms with E-state index in [0.717, 1.165) is 12.8 Å². The Labute approximate surface area is 261 Å². The van der Waals surface area contributed by atoms with Gasteiger partial charge in [0.05, 0.1) is 0 Å². The van der Waals surface area contributed by atoms with Crippen LogP contribution < -0.4 is 13.6 Å². The molecule has 0 amide bonds. The van der Waals surface area contributed by atoms with Gasteiger partial charge in [-0.1, -0.05) is 0 Å². The van der Waals surface area contributed by atoms with Gasteiger partial charge in [-0.2, -0.15) is 0 Å². The quantitative estimate of drug-likeness (QED) is 0.173. The number of aryl methyl sites for hydroxylation is 2. The number of allylic oxidation sites excluding steroid dienone is 4. The van der Waals surface area contributed by atoms with Gasteiger partial charge in [0.1, 0.15) is 0 Å². The summed E-state index contributed by atoms with van der Waals surface area (Å²) in [4.78, 5) is 0. The first-order valence-corrected chi connectivity index (χ1v) is 23.1. The van der Waals surface area contributed by atoms with E-state index in [2.05, 4.69) is 152 Å². The Kier molecular flexibility index (Phi) is 7.86. The molecule has 0 atom stereocenters.